The lowest BCUT2D eigenvalue weighted by Gasteiger charge is -2.17. The molecule has 19 heavy (non-hydrogen) atoms. The van der Waals surface area contributed by atoms with Crippen molar-refractivity contribution in [3.8, 4) is 6.07 Å². The smallest absolute Gasteiger partial charge is 0.247 e. The molecule has 4 nitrogen and oxygen atoms in total. The SMILES string of the molecule is N#CC(C(=O)c1ccc(F)cc1)C(=O)N1CCCC1. The molecule has 1 atom stereocenters. The maximum absolute atomic E-state index is 12.8. The second kappa shape index (κ2) is 5.61. The molecule has 0 radical (unpaired) electrons. The van der Waals surface area contributed by atoms with Crippen LogP contribution in [0, 0.1) is 23.1 Å². The summed E-state index contributed by atoms with van der Waals surface area (Å²) in [6, 6.07) is 6.62. The monoisotopic (exact) mass is 260 g/mol. The third kappa shape index (κ3) is 2.79. The molecule has 1 heterocycles. The van der Waals surface area contributed by atoms with Gasteiger partial charge in [0.2, 0.25) is 5.91 Å². The number of carbonyl (C=O) groups excluding carboxylic acids is 2. The van der Waals surface area contributed by atoms with Gasteiger partial charge in [0.25, 0.3) is 0 Å². The van der Waals surface area contributed by atoms with Crippen molar-refractivity contribution < 1.29 is 14.0 Å². The molecule has 0 aromatic heterocycles. The first-order valence-corrected chi connectivity index (χ1v) is 6.11. The van der Waals surface area contributed by atoms with Gasteiger partial charge in [-0.25, -0.2) is 4.39 Å². The van der Waals surface area contributed by atoms with Crippen LogP contribution < -0.4 is 0 Å². The maximum atomic E-state index is 12.8. The molecule has 1 aliphatic rings. The lowest BCUT2D eigenvalue weighted by molar-refractivity contribution is -0.131. The Kier molecular flexibility index (Phi) is 3.91. The van der Waals surface area contributed by atoms with Crippen LogP contribution >= 0.6 is 0 Å². The topological polar surface area (TPSA) is 61.2 Å². The van der Waals surface area contributed by atoms with Crippen molar-refractivity contribution >= 4 is 11.7 Å². The minimum absolute atomic E-state index is 0.181. The summed E-state index contributed by atoms with van der Waals surface area (Å²) < 4.78 is 12.8. The molecule has 2 rings (SSSR count). The molecular formula is C14H13FN2O2. The van der Waals surface area contributed by atoms with Gasteiger partial charge in [-0.15, -0.1) is 0 Å². The molecule has 5 heteroatoms. The normalized spacial score (nSPS) is 15.9. The standard InChI is InChI=1S/C14H13FN2O2/c15-11-5-3-10(4-6-11)13(18)12(9-16)14(19)17-7-1-2-8-17/h3-6,12H,1-2,7-8H2. The van der Waals surface area contributed by atoms with Crippen molar-refractivity contribution in [3.05, 3.63) is 35.6 Å². The predicted octanol–water partition coefficient (Wildman–Crippen LogP) is 1.77. The van der Waals surface area contributed by atoms with Crippen molar-refractivity contribution in [2.45, 2.75) is 12.8 Å². The van der Waals surface area contributed by atoms with E-state index in [4.69, 9.17) is 5.26 Å². The lowest BCUT2D eigenvalue weighted by Crippen LogP contribution is -2.37. The first-order chi connectivity index (χ1) is 9.13. The van der Waals surface area contributed by atoms with Gasteiger partial charge in [0.05, 0.1) is 6.07 Å². The molecule has 1 saturated heterocycles. The van der Waals surface area contributed by atoms with Gasteiger partial charge in [0.1, 0.15) is 5.82 Å². The largest absolute Gasteiger partial charge is 0.341 e. The summed E-state index contributed by atoms with van der Waals surface area (Å²) in [5.41, 5.74) is 0.181. The average molecular weight is 260 g/mol. The number of hydrogen-bond donors (Lipinski definition) is 0. The Morgan fingerprint density at radius 1 is 1.21 bits per heavy atom. The summed E-state index contributed by atoms with van der Waals surface area (Å²) in [6.07, 6.45) is 1.79. The Bertz CT molecular complexity index is 527. The fourth-order valence-corrected chi connectivity index (χ4v) is 2.13. The Morgan fingerprint density at radius 3 is 2.32 bits per heavy atom. The quantitative estimate of drug-likeness (QED) is 0.614. The van der Waals surface area contributed by atoms with Gasteiger partial charge in [0, 0.05) is 18.7 Å². The number of ketones is 1. The van der Waals surface area contributed by atoms with Crippen LogP contribution in [0.5, 0.6) is 0 Å². The average Bonchev–Trinajstić information content (AvgIpc) is 2.94. The third-order valence-electron chi connectivity index (χ3n) is 3.18. The number of benzene rings is 1. The first-order valence-electron chi connectivity index (χ1n) is 6.11. The van der Waals surface area contributed by atoms with E-state index in [1.807, 2.05) is 0 Å². The van der Waals surface area contributed by atoms with Crippen LogP contribution in [0.25, 0.3) is 0 Å². The summed E-state index contributed by atoms with van der Waals surface area (Å²) in [6.45, 7) is 1.18. The second-order valence-corrected chi connectivity index (χ2v) is 4.47. The molecule has 1 amide bonds. The molecule has 1 fully saturated rings. The van der Waals surface area contributed by atoms with E-state index in [0.29, 0.717) is 13.1 Å². The zero-order valence-electron chi connectivity index (χ0n) is 10.3. The number of carbonyl (C=O) groups is 2. The number of nitriles is 1. The third-order valence-corrected chi connectivity index (χ3v) is 3.18. The summed E-state index contributed by atoms with van der Waals surface area (Å²) >= 11 is 0. The van der Waals surface area contributed by atoms with Crippen LogP contribution in [-0.4, -0.2) is 29.7 Å². The Hall–Kier alpha value is -2.22. The number of hydrogen-bond acceptors (Lipinski definition) is 3. The van der Waals surface area contributed by atoms with Gasteiger partial charge < -0.3 is 4.90 Å². The maximum Gasteiger partial charge on any atom is 0.247 e. The van der Waals surface area contributed by atoms with E-state index in [9.17, 15) is 14.0 Å². The summed E-state index contributed by atoms with van der Waals surface area (Å²) in [5.74, 6) is -2.81. The Morgan fingerprint density at radius 2 is 1.79 bits per heavy atom. The number of likely N-dealkylation sites (tertiary alicyclic amines) is 1. The fourth-order valence-electron chi connectivity index (χ4n) is 2.13. The number of nitrogens with zero attached hydrogens (tertiary/aromatic N) is 2. The zero-order valence-corrected chi connectivity index (χ0v) is 10.3. The minimum atomic E-state index is -1.33. The Labute approximate surface area is 110 Å². The van der Waals surface area contributed by atoms with Crippen molar-refractivity contribution in [2.75, 3.05) is 13.1 Å². The molecule has 0 N–H and O–H groups in total. The summed E-state index contributed by atoms with van der Waals surface area (Å²) in [4.78, 5) is 25.7. The summed E-state index contributed by atoms with van der Waals surface area (Å²) in [5, 5.41) is 9.05. The van der Waals surface area contributed by atoms with Gasteiger partial charge in [-0.1, -0.05) is 0 Å². The van der Waals surface area contributed by atoms with Gasteiger partial charge in [-0.05, 0) is 37.1 Å². The number of amides is 1. The van der Waals surface area contributed by atoms with Gasteiger partial charge in [-0.3, -0.25) is 9.59 Å². The first kappa shape index (κ1) is 13.2. The van der Waals surface area contributed by atoms with Gasteiger partial charge in [0.15, 0.2) is 11.7 Å². The zero-order chi connectivity index (χ0) is 13.8. The van der Waals surface area contributed by atoms with Crippen LogP contribution in [0.2, 0.25) is 0 Å². The number of Topliss-reactive ketones (excluding diaryl/α,β-unsaturated/α-hetero) is 1. The van der Waals surface area contributed by atoms with E-state index < -0.39 is 23.4 Å². The molecule has 0 aliphatic carbocycles. The van der Waals surface area contributed by atoms with E-state index in [0.717, 1.165) is 25.0 Å². The van der Waals surface area contributed by atoms with Crippen molar-refractivity contribution in [3.63, 3.8) is 0 Å². The molecular weight excluding hydrogens is 247 g/mol. The molecule has 0 spiro atoms. The highest BCUT2D eigenvalue weighted by Gasteiger charge is 2.32. The van der Waals surface area contributed by atoms with Gasteiger partial charge in [-0.2, -0.15) is 5.26 Å². The van der Waals surface area contributed by atoms with Crippen LogP contribution in [0.15, 0.2) is 24.3 Å². The molecule has 0 saturated carbocycles. The van der Waals surface area contributed by atoms with E-state index in [1.165, 1.54) is 17.0 Å². The lowest BCUT2D eigenvalue weighted by atomic mass is 9.97. The van der Waals surface area contributed by atoms with Crippen molar-refractivity contribution in [1.82, 2.24) is 4.90 Å². The molecule has 1 aliphatic heterocycles. The predicted molar refractivity (Wildman–Crippen MR) is 65.6 cm³/mol. The van der Waals surface area contributed by atoms with Crippen LogP contribution in [-0.2, 0) is 4.79 Å². The van der Waals surface area contributed by atoms with E-state index >= 15 is 0 Å². The van der Waals surface area contributed by atoms with E-state index in [-0.39, 0.29) is 5.56 Å². The molecule has 1 aromatic carbocycles. The van der Waals surface area contributed by atoms with Crippen molar-refractivity contribution in [1.29, 1.82) is 5.26 Å². The van der Waals surface area contributed by atoms with Crippen LogP contribution in [0.4, 0.5) is 4.39 Å². The molecule has 1 unspecified atom stereocenters. The van der Waals surface area contributed by atoms with E-state index in [1.54, 1.807) is 6.07 Å². The minimum Gasteiger partial charge on any atom is -0.341 e. The molecule has 1 aromatic rings. The molecule has 98 valence electrons. The summed E-state index contributed by atoms with van der Waals surface area (Å²) in [7, 11) is 0. The van der Waals surface area contributed by atoms with Crippen LogP contribution in [0.1, 0.15) is 23.2 Å². The fraction of sp³-hybridized carbons (Fsp3) is 0.357. The van der Waals surface area contributed by atoms with Gasteiger partial charge >= 0.3 is 0 Å². The highest BCUT2D eigenvalue weighted by molar-refractivity contribution is 6.12. The van der Waals surface area contributed by atoms with Crippen molar-refractivity contribution in [2.24, 2.45) is 5.92 Å². The second-order valence-electron chi connectivity index (χ2n) is 4.47. The number of halogens is 1. The van der Waals surface area contributed by atoms with Crippen LogP contribution in [0.3, 0.4) is 0 Å². The highest BCUT2D eigenvalue weighted by Crippen LogP contribution is 2.16. The van der Waals surface area contributed by atoms with E-state index in [2.05, 4.69) is 0 Å². The molecule has 0 bridgehead atoms. The number of rotatable bonds is 3. The highest BCUT2D eigenvalue weighted by atomic mass is 19.1. The Balaban J connectivity index is 2.17.